The lowest BCUT2D eigenvalue weighted by molar-refractivity contribution is -0.141. The van der Waals surface area contributed by atoms with Crippen LogP contribution in [0, 0.1) is 0 Å². The Labute approximate surface area is 106 Å². The number of amides is 2. The molecule has 0 saturated heterocycles. The molecule has 2 N–H and O–H groups in total. The van der Waals surface area contributed by atoms with Crippen LogP contribution in [-0.2, 0) is 11.3 Å². The van der Waals surface area contributed by atoms with Gasteiger partial charge in [0.15, 0.2) is 0 Å². The van der Waals surface area contributed by atoms with Crippen molar-refractivity contribution in [2.24, 2.45) is 0 Å². The van der Waals surface area contributed by atoms with Crippen molar-refractivity contribution >= 4 is 12.0 Å². The number of nitrogens with one attached hydrogen (secondary N) is 1. The first kappa shape index (κ1) is 14.0. The van der Waals surface area contributed by atoms with E-state index >= 15 is 0 Å². The molecule has 1 unspecified atom stereocenters. The van der Waals surface area contributed by atoms with Crippen molar-refractivity contribution in [1.82, 2.24) is 15.2 Å². The van der Waals surface area contributed by atoms with Gasteiger partial charge >= 0.3 is 12.0 Å². The lowest BCUT2D eigenvalue weighted by Crippen LogP contribution is -2.46. The maximum Gasteiger partial charge on any atom is 0.326 e. The van der Waals surface area contributed by atoms with E-state index < -0.39 is 18.0 Å². The second-order valence-electron chi connectivity index (χ2n) is 3.85. The topological polar surface area (TPSA) is 82.5 Å². The van der Waals surface area contributed by atoms with Gasteiger partial charge in [0, 0.05) is 13.2 Å². The van der Waals surface area contributed by atoms with Gasteiger partial charge in [0.2, 0.25) is 0 Å². The molecule has 0 aliphatic carbocycles. The Morgan fingerprint density at radius 3 is 2.72 bits per heavy atom. The first-order chi connectivity index (χ1) is 8.56. The van der Waals surface area contributed by atoms with Gasteiger partial charge in [-0.2, -0.15) is 0 Å². The standard InChI is InChI=1S/C12H17N3O3/c1-3-10(11(16)17)15(2)12(18)14-8-9-6-4-5-7-13-9/h4-7,10H,3,8H2,1-2H3,(H,14,18)(H,16,17). The number of hydrogen-bond acceptors (Lipinski definition) is 3. The summed E-state index contributed by atoms with van der Waals surface area (Å²) in [5, 5.41) is 11.6. The highest BCUT2D eigenvalue weighted by Gasteiger charge is 2.24. The van der Waals surface area contributed by atoms with Crippen LogP contribution in [0.2, 0.25) is 0 Å². The zero-order valence-corrected chi connectivity index (χ0v) is 10.5. The molecule has 0 radical (unpaired) electrons. The number of pyridine rings is 1. The molecule has 1 aromatic rings. The molecule has 18 heavy (non-hydrogen) atoms. The van der Waals surface area contributed by atoms with Crippen LogP contribution in [0.3, 0.4) is 0 Å². The van der Waals surface area contributed by atoms with Gasteiger partial charge in [0.1, 0.15) is 6.04 Å². The number of carboxylic acid groups (broad SMARTS) is 1. The van der Waals surface area contributed by atoms with E-state index in [1.54, 1.807) is 25.3 Å². The van der Waals surface area contributed by atoms with E-state index in [0.29, 0.717) is 6.42 Å². The van der Waals surface area contributed by atoms with Gasteiger partial charge in [-0.25, -0.2) is 9.59 Å². The largest absolute Gasteiger partial charge is 0.480 e. The maximum absolute atomic E-state index is 11.7. The lowest BCUT2D eigenvalue weighted by Gasteiger charge is -2.23. The van der Waals surface area contributed by atoms with Crippen LogP contribution in [0.15, 0.2) is 24.4 Å². The second kappa shape index (κ2) is 6.58. The molecule has 2 amide bonds. The Bertz CT molecular complexity index is 408. The predicted molar refractivity (Wildman–Crippen MR) is 66.0 cm³/mol. The third-order valence-electron chi connectivity index (χ3n) is 2.61. The van der Waals surface area contributed by atoms with E-state index in [9.17, 15) is 9.59 Å². The van der Waals surface area contributed by atoms with Gasteiger partial charge in [0.05, 0.1) is 12.2 Å². The summed E-state index contributed by atoms with van der Waals surface area (Å²) in [6.07, 6.45) is 2.00. The van der Waals surface area contributed by atoms with Crippen molar-refractivity contribution in [3.63, 3.8) is 0 Å². The minimum Gasteiger partial charge on any atom is -0.480 e. The van der Waals surface area contributed by atoms with Crippen LogP contribution in [0.5, 0.6) is 0 Å². The summed E-state index contributed by atoms with van der Waals surface area (Å²) < 4.78 is 0. The SMILES string of the molecule is CCC(C(=O)O)N(C)C(=O)NCc1ccccn1. The Morgan fingerprint density at radius 2 is 2.22 bits per heavy atom. The van der Waals surface area contributed by atoms with Gasteiger partial charge in [0.25, 0.3) is 0 Å². The van der Waals surface area contributed by atoms with Crippen LogP contribution in [0.25, 0.3) is 0 Å². The zero-order valence-electron chi connectivity index (χ0n) is 10.5. The van der Waals surface area contributed by atoms with Crippen LogP contribution in [-0.4, -0.2) is 40.1 Å². The lowest BCUT2D eigenvalue weighted by atomic mass is 10.2. The van der Waals surface area contributed by atoms with E-state index in [1.807, 2.05) is 6.07 Å². The van der Waals surface area contributed by atoms with Gasteiger partial charge in [-0.15, -0.1) is 0 Å². The molecule has 6 heteroatoms. The molecule has 1 aromatic heterocycles. The summed E-state index contributed by atoms with van der Waals surface area (Å²) in [4.78, 5) is 27.9. The molecule has 0 spiro atoms. The summed E-state index contributed by atoms with van der Waals surface area (Å²) in [5.74, 6) is -1.01. The fourth-order valence-corrected chi connectivity index (χ4v) is 1.55. The third-order valence-corrected chi connectivity index (χ3v) is 2.61. The summed E-state index contributed by atoms with van der Waals surface area (Å²) in [6.45, 7) is 2.00. The van der Waals surface area contributed by atoms with Gasteiger partial charge in [-0.1, -0.05) is 13.0 Å². The summed E-state index contributed by atoms with van der Waals surface area (Å²) >= 11 is 0. The molecule has 98 valence electrons. The minimum atomic E-state index is -1.01. The van der Waals surface area contributed by atoms with Crippen molar-refractivity contribution in [2.45, 2.75) is 25.9 Å². The van der Waals surface area contributed by atoms with E-state index in [2.05, 4.69) is 10.3 Å². The van der Waals surface area contributed by atoms with Crippen molar-refractivity contribution in [3.05, 3.63) is 30.1 Å². The first-order valence-corrected chi connectivity index (χ1v) is 5.69. The number of hydrogen-bond donors (Lipinski definition) is 2. The van der Waals surface area contributed by atoms with Crippen LogP contribution in [0.1, 0.15) is 19.0 Å². The number of carbonyl (C=O) groups is 2. The van der Waals surface area contributed by atoms with E-state index in [-0.39, 0.29) is 6.54 Å². The summed E-state index contributed by atoms with van der Waals surface area (Å²) in [6, 6.07) is 4.16. The van der Waals surface area contributed by atoms with E-state index in [4.69, 9.17) is 5.11 Å². The molecule has 1 heterocycles. The molecule has 0 aliphatic heterocycles. The molecule has 0 aliphatic rings. The quantitative estimate of drug-likeness (QED) is 0.820. The number of nitrogens with zero attached hydrogens (tertiary/aromatic N) is 2. The molecular weight excluding hydrogens is 234 g/mol. The zero-order chi connectivity index (χ0) is 13.5. The van der Waals surface area contributed by atoms with Gasteiger partial charge < -0.3 is 15.3 Å². The smallest absolute Gasteiger partial charge is 0.326 e. The molecule has 0 aromatic carbocycles. The minimum absolute atomic E-state index is 0.278. The summed E-state index contributed by atoms with van der Waals surface area (Å²) in [5.41, 5.74) is 0.725. The molecule has 0 fully saturated rings. The van der Waals surface area contributed by atoms with Crippen LogP contribution in [0.4, 0.5) is 4.79 Å². The fraction of sp³-hybridized carbons (Fsp3) is 0.417. The molecular formula is C12H17N3O3. The summed E-state index contributed by atoms with van der Waals surface area (Å²) in [7, 11) is 1.47. The van der Waals surface area contributed by atoms with E-state index in [0.717, 1.165) is 5.69 Å². The molecule has 0 bridgehead atoms. The third kappa shape index (κ3) is 3.73. The highest BCUT2D eigenvalue weighted by Crippen LogP contribution is 2.02. The van der Waals surface area contributed by atoms with E-state index in [1.165, 1.54) is 11.9 Å². The Kier molecular flexibility index (Phi) is 5.10. The Balaban J connectivity index is 2.52. The maximum atomic E-state index is 11.7. The Morgan fingerprint density at radius 1 is 1.50 bits per heavy atom. The number of carbonyl (C=O) groups excluding carboxylic acids is 1. The monoisotopic (exact) mass is 251 g/mol. The molecule has 1 rings (SSSR count). The second-order valence-corrected chi connectivity index (χ2v) is 3.85. The highest BCUT2D eigenvalue weighted by molar-refractivity contribution is 5.82. The van der Waals surface area contributed by atoms with Crippen molar-refractivity contribution < 1.29 is 14.7 Å². The van der Waals surface area contributed by atoms with Crippen molar-refractivity contribution in [2.75, 3.05) is 7.05 Å². The first-order valence-electron chi connectivity index (χ1n) is 5.69. The Hall–Kier alpha value is -2.11. The predicted octanol–water partition coefficient (Wildman–Crippen LogP) is 1.09. The number of likely N-dealkylation sites (N-methyl/N-ethyl adjacent to an activating group) is 1. The highest BCUT2D eigenvalue weighted by atomic mass is 16.4. The fourth-order valence-electron chi connectivity index (χ4n) is 1.55. The number of rotatable bonds is 5. The number of carboxylic acids is 1. The molecule has 0 saturated carbocycles. The number of urea groups is 1. The average Bonchev–Trinajstić information content (AvgIpc) is 2.37. The van der Waals surface area contributed by atoms with Gasteiger partial charge in [-0.05, 0) is 18.6 Å². The average molecular weight is 251 g/mol. The van der Waals surface area contributed by atoms with Crippen LogP contribution < -0.4 is 5.32 Å². The van der Waals surface area contributed by atoms with Crippen LogP contribution >= 0.6 is 0 Å². The number of aromatic nitrogens is 1. The normalized spacial score (nSPS) is 11.7. The molecule has 6 nitrogen and oxygen atoms in total. The number of aliphatic carboxylic acids is 1. The molecule has 1 atom stereocenters. The van der Waals surface area contributed by atoms with Crippen molar-refractivity contribution in [3.8, 4) is 0 Å². The van der Waals surface area contributed by atoms with Crippen molar-refractivity contribution in [1.29, 1.82) is 0 Å². The van der Waals surface area contributed by atoms with Gasteiger partial charge in [-0.3, -0.25) is 4.98 Å².